The van der Waals surface area contributed by atoms with Crippen molar-refractivity contribution in [1.29, 1.82) is 0 Å². The van der Waals surface area contributed by atoms with Crippen LogP contribution in [0.1, 0.15) is 13.8 Å². The summed E-state index contributed by atoms with van der Waals surface area (Å²) in [5.41, 5.74) is 2.64. The lowest BCUT2D eigenvalue weighted by Crippen LogP contribution is -2.37. The fraction of sp³-hybridized carbons (Fsp3) is 0.235. The van der Waals surface area contributed by atoms with Crippen LogP contribution in [0.4, 0.5) is 10.5 Å². The predicted molar refractivity (Wildman–Crippen MR) is 83.2 cm³/mol. The van der Waals surface area contributed by atoms with E-state index in [0.29, 0.717) is 5.69 Å². The number of methoxy groups -OCH3 is 1. The van der Waals surface area contributed by atoms with Gasteiger partial charge in [-0.2, -0.15) is 0 Å². The highest BCUT2D eigenvalue weighted by atomic mass is 16.7. The van der Waals surface area contributed by atoms with E-state index in [4.69, 9.17) is 9.47 Å². The summed E-state index contributed by atoms with van der Waals surface area (Å²) in [6.45, 7) is 3.75. The third-order valence-electron chi connectivity index (χ3n) is 3.30. The van der Waals surface area contributed by atoms with Gasteiger partial charge in [-0.15, -0.1) is 0 Å². The van der Waals surface area contributed by atoms with Crippen LogP contribution in [-0.2, 0) is 4.74 Å². The minimum absolute atomic E-state index is 0.491. The van der Waals surface area contributed by atoms with Crippen molar-refractivity contribution in [2.75, 3.05) is 12.4 Å². The van der Waals surface area contributed by atoms with Crippen LogP contribution < -0.4 is 14.8 Å². The quantitative estimate of drug-likeness (QED) is 0.909. The van der Waals surface area contributed by atoms with Gasteiger partial charge in [0.05, 0.1) is 7.11 Å². The summed E-state index contributed by atoms with van der Waals surface area (Å²) < 4.78 is 16.1. The van der Waals surface area contributed by atoms with Gasteiger partial charge in [0, 0.05) is 31.2 Å². The molecule has 1 aliphatic heterocycles. The zero-order valence-electron chi connectivity index (χ0n) is 12.7. The van der Waals surface area contributed by atoms with E-state index < -0.39 is 11.9 Å². The predicted octanol–water partition coefficient (Wildman–Crippen LogP) is 4.04. The topological polar surface area (TPSA) is 56.8 Å². The zero-order chi connectivity index (χ0) is 15.7. The summed E-state index contributed by atoms with van der Waals surface area (Å²) in [7, 11) is 1.33. The smallest absolute Gasteiger partial charge is 0.411 e. The van der Waals surface area contributed by atoms with Crippen LogP contribution in [0.15, 0.2) is 42.5 Å². The number of ether oxygens (including phenoxy) is 3. The first-order valence-corrected chi connectivity index (χ1v) is 6.94. The fourth-order valence-electron chi connectivity index (χ4n) is 2.36. The first-order valence-electron chi connectivity index (χ1n) is 6.94. The first kappa shape index (κ1) is 14.3. The molecule has 2 aromatic carbocycles. The third-order valence-corrected chi connectivity index (χ3v) is 3.30. The van der Waals surface area contributed by atoms with Crippen LogP contribution >= 0.6 is 0 Å². The van der Waals surface area contributed by atoms with Crippen molar-refractivity contribution >= 4 is 11.8 Å². The van der Waals surface area contributed by atoms with Crippen LogP contribution in [0.2, 0.25) is 0 Å². The van der Waals surface area contributed by atoms with E-state index in [-0.39, 0.29) is 0 Å². The fourth-order valence-corrected chi connectivity index (χ4v) is 2.36. The lowest BCUT2D eigenvalue weighted by Gasteiger charge is -2.33. The number of benzene rings is 2. The van der Waals surface area contributed by atoms with Gasteiger partial charge in [0.25, 0.3) is 0 Å². The molecule has 114 valence electrons. The molecule has 1 aliphatic rings. The molecule has 0 atom stereocenters. The number of anilines is 1. The summed E-state index contributed by atoms with van der Waals surface area (Å²) in [5.74, 6) is 0.892. The summed E-state index contributed by atoms with van der Waals surface area (Å²) >= 11 is 0. The molecule has 22 heavy (non-hydrogen) atoms. The standard InChI is InChI=1S/C17H17NO4/c1-17(2)21-13-8-9-14(15(10-13)22-17)11-4-6-12(7-5-11)18-16(19)20-3/h4-10H,1-3H3,(H,18,19). The molecule has 5 nitrogen and oxygen atoms in total. The molecule has 0 saturated carbocycles. The molecule has 0 aliphatic carbocycles. The summed E-state index contributed by atoms with van der Waals surface area (Å²) in [4.78, 5) is 11.2. The van der Waals surface area contributed by atoms with Crippen LogP contribution in [0.5, 0.6) is 11.5 Å². The number of rotatable bonds is 2. The second kappa shape index (κ2) is 5.26. The molecule has 3 rings (SSSR count). The van der Waals surface area contributed by atoms with Crippen LogP contribution in [-0.4, -0.2) is 19.0 Å². The molecule has 0 radical (unpaired) electrons. The molecule has 2 bridgehead atoms. The molecule has 0 fully saturated rings. The van der Waals surface area contributed by atoms with Crippen molar-refractivity contribution in [2.45, 2.75) is 19.6 Å². The summed E-state index contributed by atoms with van der Waals surface area (Å²) in [6, 6.07) is 13.2. The molecule has 1 amide bonds. The molecule has 2 aromatic rings. The highest BCUT2D eigenvalue weighted by Gasteiger charge is 2.28. The Morgan fingerprint density at radius 1 is 1.09 bits per heavy atom. The van der Waals surface area contributed by atoms with Crippen molar-refractivity contribution in [3.05, 3.63) is 42.5 Å². The molecule has 0 aromatic heterocycles. The lowest BCUT2D eigenvalue weighted by molar-refractivity contribution is -0.0899. The van der Waals surface area contributed by atoms with Gasteiger partial charge >= 0.3 is 6.09 Å². The number of nitrogens with one attached hydrogen (secondary N) is 1. The number of carbonyl (C=O) groups is 1. The molecule has 0 unspecified atom stereocenters. The molecule has 0 saturated heterocycles. The van der Waals surface area contributed by atoms with Gasteiger partial charge in [-0.1, -0.05) is 12.1 Å². The normalized spacial score (nSPS) is 14.5. The monoisotopic (exact) mass is 299 g/mol. The Bertz CT molecular complexity index is 707. The number of fused-ring (bicyclic) bond motifs is 2. The zero-order valence-corrected chi connectivity index (χ0v) is 12.7. The molecule has 1 N–H and O–H groups in total. The van der Waals surface area contributed by atoms with Gasteiger partial charge < -0.3 is 14.2 Å². The van der Waals surface area contributed by atoms with Crippen molar-refractivity contribution in [3.8, 4) is 22.6 Å². The number of hydrogen-bond donors (Lipinski definition) is 1. The first-order chi connectivity index (χ1) is 10.5. The van der Waals surface area contributed by atoms with Crippen molar-refractivity contribution in [2.24, 2.45) is 0 Å². The molecule has 1 heterocycles. The highest BCUT2D eigenvalue weighted by Crippen LogP contribution is 2.40. The van der Waals surface area contributed by atoms with E-state index in [0.717, 1.165) is 22.6 Å². The number of amides is 1. The Morgan fingerprint density at radius 2 is 1.82 bits per heavy atom. The Labute approximate surface area is 128 Å². The van der Waals surface area contributed by atoms with Gasteiger partial charge in [-0.05, 0) is 29.8 Å². The molecule has 5 heteroatoms. The number of hydrogen-bond acceptors (Lipinski definition) is 4. The van der Waals surface area contributed by atoms with Crippen molar-refractivity contribution in [1.82, 2.24) is 0 Å². The van der Waals surface area contributed by atoms with Crippen molar-refractivity contribution < 1.29 is 19.0 Å². The molecular formula is C17H17NO4. The van der Waals surface area contributed by atoms with E-state index in [1.54, 1.807) is 0 Å². The average molecular weight is 299 g/mol. The van der Waals surface area contributed by atoms with Gasteiger partial charge in [-0.3, -0.25) is 5.32 Å². The second-order valence-corrected chi connectivity index (χ2v) is 5.46. The van der Waals surface area contributed by atoms with Gasteiger partial charge in [0.1, 0.15) is 11.5 Å². The van der Waals surface area contributed by atoms with E-state index in [9.17, 15) is 4.79 Å². The maximum absolute atomic E-state index is 11.2. The maximum Gasteiger partial charge on any atom is 0.411 e. The van der Waals surface area contributed by atoms with Crippen LogP contribution in [0.25, 0.3) is 11.1 Å². The van der Waals surface area contributed by atoms with Crippen LogP contribution in [0.3, 0.4) is 0 Å². The minimum atomic E-state index is -0.679. The van der Waals surface area contributed by atoms with E-state index in [1.165, 1.54) is 7.11 Å². The largest absolute Gasteiger partial charge is 0.453 e. The molecular weight excluding hydrogens is 282 g/mol. The lowest BCUT2D eigenvalue weighted by atomic mass is 10.0. The highest BCUT2D eigenvalue weighted by molar-refractivity contribution is 5.85. The third kappa shape index (κ3) is 2.83. The van der Waals surface area contributed by atoms with Crippen LogP contribution in [0, 0.1) is 0 Å². The molecule has 0 spiro atoms. The number of carbonyl (C=O) groups excluding carboxylic acids is 1. The Hall–Kier alpha value is -2.69. The minimum Gasteiger partial charge on any atom is -0.453 e. The maximum atomic E-state index is 11.2. The van der Waals surface area contributed by atoms with Gasteiger partial charge in [0.2, 0.25) is 5.79 Å². The van der Waals surface area contributed by atoms with Gasteiger partial charge in [0.15, 0.2) is 0 Å². The Balaban J connectivity index is 1.89. The Kier molecular flexibility index (Phi) is 3.41. The van der Waals surface area contributed by atoms with Crippen molar-refractivity contribution in [3.63, 3.8) is 0 Å². The SMILES string of the molecule is COC(=O)Nc1ccc(-c2ccc3cc2OC(C)(C)O3)cc1. The van der Waals surface area contributed by atoms with E-state index in [2.05, 4.69) is 10.1 Å². The van der Waals surface area contributed by atoms with Gasteiger partial charge in [-0.25, -0.2) is 4.79 Å². The summed E-state index contributed by atoms with van der Waals surface area (Å²) in [6.07, 6.45) is -0.491. The summed E-state index contributed by atoms with van der Waals surface area (Å²) in [5, 5.41) is 2.62. The second-order valence-electron chi connectivity index (χ2n) is 5.46. The average Bonchev–Trinajstić information content (AvgIpc) is 2.47. The van der Waals surface area contributed by atoms with E-state index >= 15 is 0 Å². The Morgan fingerprint density at radius 3 is 2.50 bits per heavy atom. The van der Waals surface area contributed by atoms with E-state index in [1.807, 2.05) is 56.3 Å².